The summed E-state index contributed by atoms with van der Waals surface area (Å²) in [6.45, 7) is 9.70. The van der Waals surface area contributed by atoms with Crippen LogP contribution < -0.4 is 5.32 Å². The molecule has 1 aliphatic rings. The van der Waals surface area contributed by atoms with Gasteiger partial charge in [0.15, 0.2) is 0 Å². The van der Waals surface area contributed by atoms with E-state index in [1.807, 2.05) is 30.3 Å². The van der Waals surface area contributed by atoms with Crippen molar-refractivity contribution in [1.29, 1.82) is 0 Å². The third-order valence-corrected chi connectivity index (χ3v) is 5.29. The molecule has 2 aromatic carbocycles. The van der Waals surface area contributed by atoms with E-state index in [9.17, 15) is 4.79 Å². The highest BCUT2D eigenvalue weighted by molar-refractivity contribution is 6.05. The van der Waals surface area contributed by atoms with Crippen molar-refractivity contribution < 1.29 is 9.53 Å². The van der Waals surface area contributed by atoms with Crippen LogP contribution in [0.2, 0.25) is 0 Å². The summed E-state index contributed by atoms with van der Waals surface area (Å²) in [5, 5.41) is 4.19. The summed E-state index contributed by atoms with van der Waals surface area (Å²) in [6, 6.07) is 16.1. The van der Waals surface area contributed by atoms with Crippen molar-refractivity contribution in [3.8, 4) is 0 Å². The molecule has 1 N–H and O–H groups in total. The van der Waals surface area contributed by atoms with Gasteiger partial charge in [0.05, 0.1) is 13.2 Å². The number of nitrogens with zero attached hydrogens (tertiary/aromatic N) is 2. The second kappa shape index (κ2) is 8.80. The lowest BCUT2D eigenvalue weighted by molar-refractivity contribution is 0.0342. The zero-order valence-electron chi connectivity index (χ0n) is 17.2. The molecule has 29 heavy (non-hydrogen) atoms. The van der Waals surface area contributed by atoms with Gasteiger partial charge >= 0.3 is 0 Å². The molecule has 5 nitrogen and oxygen atoms in total. The summed E-state index contributed by atoms with van der Waals surface area (Å²) < 4.78 is 7.67. The predicted molar refractivity (Wildman–Crippen MR) is 117 cm³/mol. The third-order valence-electron chi connectivity index (χ3n) is 5.29. The van der Waals surface area contributed by atoms with Crippen molar-refractivity contribution in [3.63, 3.8) is 0 Å². The van der Waals surface area contributed by atoms with Crippen molar-refractivity contribution >= 4 is 22.5 Å². The fourth-order valence-electron chi connectivity index (χ4n) is 3.86. The lowest BCUT2D eigenvalue weighted by atomic mass is 10.1. The van der Waals surface area contributed by atoms with E-state index in [2.05, 4.69) is 53.0 Å². The van der Waals surface area contributed by atoms with Gasteiger partial charge in [0.2, 0.25) is 0 Å². The fourth-order valence-corrected chi connectivity index (χ4v) is 3.86. The molecule has 0 bridgehead atoms. The molecular weight excluding hydrogens is 362 g/mol. The molecular formula is C24H29N3O2. The molecule has 0 radical (unpaired) electrons. The SMILES string of the molecule is CC(C)Cn1ccc2cc(NC(=O)c3cccc(CN4CCOCC4)c3)ccc21. The lowest BCUT2D eigenvalue weighted by Gasteiger charge is -2.26. The average molecular weight is 392 g/mol. The van der Waals surface area contributed by atoms with E-state index in [1.165, 1.54) is 5.52 Å². The number of benzene rings is 2. The Morgan fingerprint density at radius 1 is 1.10 bits per heavy atom. The van der Waals surface area contributed by atoms with Gasteiger partial charge in [-0.2, -0.15) is 0 Å². The van der Waals surface area contributed by atoms with E-state index < -0.39 is 0 Å². The molecule has 1 aliphatic heterocycles. The first-order valence-corrected chi connectivity index (χ1v) is 10.4. The Morgan fingerprint density at radius 2 is 1.93 bits per heavy atom. The van der Waals surface area contributed by atoms with Crippen LogP contribution in [0.1, 0.15) is 29.8 Å². The number of hydrogen-bond donors (Lipinski definition) is 1. The Bertz CT molecular complexity index is 987. The summed E-state index contributed by atoms with van der Waals surface area (Å²) in [6.07, 6.45) is 2.12. The number of rotatable bonds is 6. The molecule has 5 heteroatoms. The zero-order valence-corrected chi connectivity index (χ0v) is 17.2. The molecule has 3 aromatic rings. The van der Waals surface area contributed by atoms with Crippen LogP contribution >= 0.6 is 0 Å². The highest BCUT2D eigenvalue weighted by Crippen LogP contribution is 2.22. The monoisotopic (exact) mass is 391 g/mol. The standard InChI is InChI=1S/C24H29N3O2/c1-18(2)16-27-9-8-20-15-22(6-7-23(20)27)25-24(28)21-5-3-4-19(14-21)17-26-10-12-29-13-11-26/h3-9,14-15,18H,10-13,16-17H2,1-2H3,(H,25,28). The molecule has 1 aromatic heterocycles. The highest BCUT2D eigenvalue weighted by atomic mass is 16.5. The Kier molecular flexibility index (Phi) is 5.97. The second-order valence-electron chi connectivity index (χ2n) is 8.18. The Labute approximate surface area is 172 Å². The maximum absolute atomic E-state index is 12.8. The molecule has 1 fully saturated rings. The molecule has 0 spiro atoms. The smallest absolute Gasteiger partial charge is 0.255 e. The largest absolute Gasteiger partial charge is 0.379 e. The summed E-state index contributed by atoms with van der Waals surface area (Å²) in [7, 11) is 0. The number of carbonyl (C=O) groups excluding carboxylic acids is 1. The molecule has 0 aliphatic carbocycles. The first kappa shape index (κ1) is 19.7. The lowest BCUT2D eigenvalue weighted by Crippen LogP contribution is -2.35. The zero-order chi connectivity index (χ0) is 20.2. The van der Waals surface area contributed by atoms with Gasteiger partial charge in [-0.25, -0.2) is 0 Å². The van der Waals surface area contributed by atoms with Gasteiger partial charge < -0.3 is 14.6 Å². The van der Waals surface area contributed by atoms with Crippen LogP contribution in [0.3, 0.4) is 0 Å². The van der Waals surface area contributed by atoms with Gasteiger partial charge in [-0.1, -0.05) is 26.0 Å². The van der Waals surface area contributed by atoms with Crippen LogP contribution in [0, 0.1) is 5.92 Å². The van der Waals surface area contributed by atoms with Gasteiger partial charge in [-0.3, -0.25) is 9.69 Å². The summed E-state index contributed by atoms with van der Waals surface area (Å²) in [4.78, 5) is 15.2. The number of carbonyl (C=O) groups is 1. The molecule has 2 heterocycles. The van der Waals surface area contributed by atoms with E-state index in [-0.39, 0.29) is 5.91 Å². The Hall–Kier alpha value is -2.63. The molecule has 1 amide bonds. The topological polar surface area (TPSA) is 46.5 Å². The Balaban J connectivity index is 1.45. The number of hydrogen-bond acceptors (Lipinski definition) is 3. The second-order valence-corrected chi connectivity index (χ2v) is 8.18. The van der Waals surface area contributed by atoms with Crippen LogP contribution in [0.4, 0.5) is 5.69 Å². The number of fused-ring (bicyclic) bond motifs is 1. The Morgan fingerprint density at radius 3 is 2.72 bits per heavy atom. The molecule has 0 atom stereocenters. The van der Waals surface area contributed by atoms with Crippen molar-refractivity contribution in [3.05, 3.63) is 65.9 Å². The van der Waals surface area contributed by atoms with Gasteiger partial charge in [0.1, 0.15) is 0 Å². The van der Waals surface area contributed by atoms with Crippen molar-refractivity contribution in [2.24, 2.45) is 5.92 Å². The number of nitrogens with one attached hydrogen (secondary N) is 1. The predicted octanol–water partition coefficient (Wildman–Crippen LogP) is 4.38. The molecule has 152 valence electrons. The number of ether oxygens (including phenoxy) is 1. The van der Waals surface area contributed by atoms with E-state index >= 15 is 0 Å². The summed E-state index contributed by atoms with van der Waals surface area (Å²) in [5.41, 5.74) is 3.86. The molecule has 1 saturated heterocycles. The summed E-state index contributed by atoms with van der Waals surface area (Å²) >= 11 is 0. The van der Waals surface area contributed by atoms with Crippen LogP contribution in [0.15, 0.2) is 54.7 Å². The first-order valence-electron chi connectivity index (χ1n) is 10.4. The maximum atomic E-state index is 12.8. The first-order chi connectivity index (χ1) is 14.1. The normalized spacial score (nSPS) is 15.1. The van der Waals surface area contributed by atoms with Gasteiger partial charge in [0.25, 0.3) is 5.91 Å². The van der Waals surface area contributed by atoms with Crippen molar-refractivity contribution in [2.75, 3.05) is 31.6 Å². The van der Waals surface area contributed by atoms with Gasteiger partial charge in [-0.15, -0.1) is 0 Å². The quantitative estimate of drug-likeness (QED) is 0.678. The van der Waals surface area contributed by atoms with Gasteiger partial charge in [0, 0.05) is 54.5 Å². The molecule has 4 rings (SSSR count). The van der Waals surface area contributed by atoms with Crippen LogP contribution in [0.5, 0.6) is 0 Å². The minimum atomic E-state index is -0.0743. The fraction of sp³-hybridized carbons (Fsp3) is 0.375. The molecule has 0 saturated carbocycles. The van der Waals surface area contributed by atoms with Crippen LogP contribution in [-0.2, 0) is 17.8 Å². The number of anilines is 1. The number of morpholine rings is 1. The third kappa shape index (κ3) is 4.86. The van der Waals surface area contributed by atoms with Crippen molar-refractivity contribution in [1.82, 2.24) is 9.47 Å². The maximum Gasteiger partial charge on any atom is 0.255 e. The van der Waals surface area contributed by atoms with Gasteiger partial charge in [-0.05, 0) is 47.9 Å². The van der Waals surface area contributed by atoms with E-state index in [4.69, 9.17) is 4.74 Å². The highest BCUT2D eigenvalue weighted by Gasteiger charge is 2.13. The van der Waals surface area contributed by atoms with Crippen LogP contribution in [0.25, 0.3) is 10.9 Å². The number of amides is 1. The minimum absolute atomic E-state index is 0.0743. The van der Waals surface area contributed by atoms with E-state index in [0.29, 0.717) is 11.5 Å². The minimum Gasteiger partial charge on any atom is -0.379 e. The van der Waals surface area contributed by atoms with Crippen LogP contribution in [-0.4, -0.2) is 41.7 Å². The average Bonchev–Trinajstić information content (AvgIpc) is 3.10. The van der Waals surface area contributed by atoms with Crippen molar-refractivity contribution in [2.45, 2.75) is 26.9 Å². The summed E-state index contributed by atoms with van der Waals surface area (Å²) in [5.74, 6) is 0.518. The number of aromatic nitrogens is 1. The van der Waals surface area contributed by atoms with E-state index in [0.717, 1.165) is 56.0 Å². The molecule has 0 unspecified atom stereocenters. The van der Waals surface area contributed by atoms with E-state index in [1.54, 1.807) is 0 Å².